The summed E-state index contributed by atoms with van der Waals surface area (Å²) in [5, 5.41) is 0. The zero-order valence-corrected chi connectivity index (χ0v) is 15.4. The van der Waals surface area contributed by atoms with E-state index in [4.69, 9.17) is 9.47 Å². The van der Waals surface area contributed by atoms with Gasteiger partial charge in [0.05, 0.1) is 19.8 Å². The van der Waals surface area contributed by atoms with Crippen LogP contribution in [-0.4, -0.2) is 46.7 Å². The number of para-hydroxylation sites is 1. The van der Waals surface area contributed by atoms with Crippen molar-refractivity contribution in [1.29, 1.82) is 0 Å². The van der Waals surface area contributed by atoms with Crippen LogP contribution < -0.4 is 4.74 Å². The second-order valence-electron chi connectivity index (χ2n) is 6.94. The molecule has 2 saturated heterocycles. The second-order valence-corrected chi connectivity index (χ2v) is 8.43. The standard InChI is InChI=1S/C20H24N2O2S/c1-23-19-5-3-2-4-17(19)11-22-14-20(15-22)10-18(13-25-20)24-12-16-6-8-21-9-7-16/h2-9,18H,10-15H2,1H3. The molecule has 0 bridgehead atoms. The van der Waals surface area contributed by atoms with Crippen molar-refractivity contribution in [2.75, 3.05) is 26.0 Å². The zero-order chi connectivity index (χ0) is 17.1. The van der Waals surface area contributed by atoms with E-state index in [9.17, 15) is 0 Å². The summed E-state index contributed by atoms with van der Waals surface area (Å²) in [6, 6.07) is 12.4. The lowest BCUT2D eigenvalue weighted by Gasteiger charge is -2.47. The molecule has 0 N–H and O–H groups in total. The Balaban J connectivity index is 1.26. The molecule has 25 heavy (non-hydrogen) atoms. The van der Waals surface area contributed by atoms with Crippen LogP contribution in [0, 0.1) is 0 Å². The highest BCUT2D eigenvalue weighted by atomic mass is 32.2. The maximum absolute atomic E-state index is 6.12. The maximum atomic E-state index is 6.12. The second kappa shape index (κ2) is 7.36. The van der Waals surface area contributed by atoms with Crippen LogP contribution in [0.4, 0.5) is 0 Å². The summed E-state index contributed by atoms with van der Waals surface area (Å²) >= 11 is 2.09. The van der Waals surface area contributed by atoms with Crippen molar-refractivity contribution in [1.82, 2.24) is 9.88 Å². The lowest BCUT2D eigenvalue weighted by molar-refractivity contribution is 0.0262. The number of hydrogen-bond donors (Lipinski definition) is 0. The molecule has 0 radical (unpaired) electrons. The van der Waals surface area contributed by atoms with Crippen molar-refractivity contribution in [3.8, 4) is 5.75 Å². The molecule has 5 heteroatoms. The first-order chi connectivity index (χ1) is 12.3. The van der Waals surface area contributed by atoms with Gasteiger partial charge in [0.15, 0.2) is 0 Å². The molecule has 2 fully saturated rings. The molecule has 0 saturated carbocycles. The van der Waals surface area contributed by atoms with E-state index in [1.165, 1.54) is 11.1 Å². The van der Waals surface area contributed by atoms with E-state index in [1.54, 1.807) is 7.11 Å². The molecule has 1 aromatic heterocycles. The Morgan fingerprint density at radius 3 is 2.80 bits per heavy atom. The molecule has 4 nitrogen and oxygen atoms in total. The van der Waals surface area contributed by atoms with E-state index < -0.39 is 0 Å². The number of ether oxygens (including phenoxy) is 2. The van der Waals surface area contributed by atoms with Crippen LogP contribution in [-0.2, 0) is 17.9 Å². The van der Waals surface area contributed by atoms with Gasteiger partial charge in [0, 0.05) is 48.1 Å². The van der Waals surface area contributed by atoms with Gasteiger partial charge in [0.25, 0.3) is 0 Å². The Kier molecular flexibility index (Phi) is 4.97. The van der Waals surface area contributed by atoms with Crippen molar-refractivity contribution in [3.63, 3.8) is 0 Å². The van der Waals surface area contributed by atoms with Gasteiger partial charge in [-0.2, -0.15) is 0 Å². The largest absolute Gasteiger partial charge is 0.496 e. The van der Waals surface area contributed by atoms with Gasteiger partial charge in [-0.3, -0.25) is 9.88 Å². The Bertz CT molecular complexity index is 704. The van der Waals surface area contributed by atoms with Gasteiger partial charge in [-0.1, -0.05) is 18.2 Å². The van der Waals surface area contributed by atoms with Gasteiger partial charge in [-0.15, -0.1) is 11.8 Å². The van der Waals surface area contributed by atoms with Gasteiger partial charge < -0.3 is 9.47 Å². The molecule has 4 rings (SSSR count). The summed E-state index contributed by atoms with van der Waals surface area (Å²) in [5.74, 6) is 2.09. The molecule has 2 aliphatic heterocycles. The molecule has 3 heterocycles. The molecule has 0 aliphatic carbocycles. The first kappa shape index (κ1) is 16.9. The van der Waals surface area contributed by atoms with Gasteiger partial charge in [-0.25, -0.2) is 0 Å². The summed E-state index contributed by atoms with van der Waals surface area (Å²) in [6.45, 7) is 3.94. The molecule has 0 amide bonds. The highest BCUT2D eigenvalue weighted by Gasteiger charge is 2.49. The number of hydrogen-bond acceptors (Lipinski definition) is 5. The summed E-state index contributed by atoms with van der Waals surface area (Å²) in [6.07, 6.45) is 5.17. The first-order valence-electron chi connectivity index (χ1n) is 8.75. The lowest BCUT2D eigenvalue weighted by Crippen LogP contribution is -2.58. The molecular weight excluding hydrogens is 332 g/mol. The topological polar surface area (TPSA) is 34.6 Å². The monoisotopic (exact) mass is 356 g/mol. The predicted octanol–water partition coefficient (Wildman–Crippen LogP) is 3.37. The van der Waals surface area contributed by atoms with E-state index in [1.807, 2.05) is 36.7 Å². The van der Waals surface area contributed by atoms with E-state index in [0.29, 0.717) is 17.5 Å². The van der Waals surface area contributed by atoms with Crippen LogP contribution in [0.15, 0.2) is 48.8 Å². The number of methoxy groups -OCH3 is 1. The minimum atomic E-state index is 0.367. The van der Waals surface area contributed by atoms with E-state index in [-0.39, 0.29) is 0 Å². The highest BCUT2D eigenvalue weighted by molar-refractivity contribution is 8.01. The average molecular weight is 356 g/mol. The minimum Gasteiger partial charge on any atom is -0.496 e. The molecule has 2 aliphatic rings. The van der Waals surface area contributed by atoms with E-state index in [0.717, 1.165) is 37.6 Å². The zero-order valence-electron chi connectivity index (χ0n) is 14.6. The number of pyridine rings is 1. The summed E-state index contributed by atoms with van der Waals surface area (Å²) in [7, 11) is 1.74. The van der Waals surface area contributed by atoms with Crippen LogP contribution in [0.3, 0.4) is 0 Å². The van der Waals surface area contributed by atoms with Crippen molar-refractivity contribution < 1.29 is 9.47 Å². The number of nitrogens with zero attached hydrogens (tertiary/aromatic N) is 2. The summed E-state index contributed by atoms with van der Waals surface area (Å²) in [4.78, 5) is 6.56. The van der Waals surface area contributed by atoms with Crippen molar-refractivity contribution in [2.24, 2.45) is 0 Å². The van der Waals surface area contributed by atoms with Crippen LogP contribution >= 0.6 is 11.8 Å². The van der Waals surface area contributed by atoms with Gasteiger partial charge >= 0.3 is 0 Å². The normalized spacial score (nSPS) is 22.0. The summed E-state index contributed by atoms with van der Waals surface area (Å²) < 4.78 is 12.0. The first-order valence-corrected chi connectivity index (χ1v) is 9.74. The Morgan fingerprint density at radius 2 is 2.00 bits per heavy atom. The molecular formula is C20H24N2O2S. The maximum Gasteiger partial charge on any atom is 0.123 e. The molecule has 1 aromatic carbocycles. The number of rotatable bonds is 6. The Labute approximate surface area is 153 Å². The number of aromatic nitrogens is 1. The highest BCUT2D eigenvalue weighted by Crippen LogP contribution is 2.46. The predicted molar refractivity (Wildman–Crippen MR) is 101 cm³/mol. The Hall–Kier alpha value is -1.56. The third-order valence-corrected chi connectivity index (χ3v) is 6.60. The van der Waals surface area contributed by atoms with Gasteiger partial charge in [-0.05, 0) is 30.2 Å². The Morgan fingerprint density at radius 1 is 1.20 bits per heavy atom. The fourth-order valence-electron chi connectivity index (χ4n) is 3.78. The number of thioether (sulfide) groups is 1. The van der Waals surface area contributed by atoms with Crippen molar-refractivity contribution in [2.45, 2.75) is 30.4 Å². The fourth-order valence-corrected chi connectivity index (χ4v) is 5.38. The quantitative estimate of drug-likeness (QED) is 0.793. The molecule has 132 valence electrons. The lowest BCUT2D eigenvalue weighted by atomic mass is 9.92. The van der Waals surface area contributed by atoms with Crippen LogP contribution in [0.2, 0.25) is 0 Å². The molecule has 2 aromatic rings. The minimum absolute atomic E-state index is 0.367. The van der Waals surface area contributed by atoms with E-state index >= 15 is 0 Å². The van der Waals surface area contributed by atoms with Gasteiger partial charge in [0.2, 0.25) is 0 Å². The third kappa shape index (κ3) is 3.84. The summed E-state index contributed by atoms with van der Waals surface area (Å²) in [5.41, 5.74) is 2.47. The fraction of sp³-hybridized carbons (Fsp3) is 0.450. The van der Waals surface area contributed by atoms with Crippen molar-refractivity contribution >= 4 is 11.8 Å². The van der Waals surface area contributed by atoms with E-state index in [2.05, 4.69) is 33.8 Å². The van der Waals surface area contributed by atoms with Crippen LogP contribution in [0.25, 0.3) is 0 Å². The van der Waals surface area contributed by atoms with Crippen LogP contribution in [0.5, 0.6) is 5.75 Å². The SMILES string of the molecule is COc1ccccc1CN1CC2(CC(OCc3ccncc3)CS2)C1. The number of benzene rings is 1. The van der Waals surface area contributed by atoms with Gasteiger partial charge in [0.1, 0.15) is 5.75 Å². The molecule has 1 atom stereocenters. The van der Waals surface area contributed by atoms with Crippen molar-refractivity contribution in [3.05, 3.63) is 59.9 Å². The molecule has 1 spiro atoms. The molecule has 1 unspecified atom stereocenters. The smallest absolute Gasteiger partial charge is 0.123 e. The number of likely N-dealkylation sites (tertiary alicyclic amines) is 1. The third-order valence-electron chi connectivity index (χ3n) is 5.02. The van der Waals surface area contributed by atoms with Crippen LogP contribution in [0.1, 0.15) is 17.5 Å². The average Bonchev–Trinajstić information content (AvgIpc) is 3.05.